The van der Waals surface area contributed by atoms with E-state index < -0.39 is 33.2 Å². The molecule has 1 N–H and O–H groups in total. The molecule has 1 aliphatic rings. The Hall–Kier alpha value is -2.43. The number of hydrogen-bond acceptors (Lipinski definition) is 4. The summed E-state index contributed by atoms with van der Waals surface area (Å²) in [4.78, 5) is 12.4. The number of halogens is 3. The number of hydrogen-bond donors (Lipinski definition) is 1. The number of amides is 1. The van der Waals surface area contributed by atoms with Crippen LogP contribution in [0.5, 0.6) is 0 Å². The molecule has 3 rings (SSSR count). The topological polar surface area (TPSA) is 75.7 Å². The molecule has 1 saturated heterocycles. The lowest BCUT2D eigenvalue weighted by molar-refractivity contribution is -0.137. The number of benzene rings is 2. The van der Waals surface area contributed by atoms with Gasteiger partial charge in [0.1, 0.15) is 0 Å². The molecule has 2 aromatic carbocycles. The first-order valence-electron chi connectivity index (χ1n) is 9.21. The average Bonchev–Trinajstić information content (AvgIpc) is 2.67. The number of rotatable bonds is 4. The molecule has 1 aliphatic heterocycles. The Labute approximate surface area is 172 Å². The van der Waals surface area contributed by atoms with Gasteiger partial charge < -0.3 is 10.1 Å². The SMILES string of the molecule is CC1CN(S(=O)(=O)c2ccc(NC(=O)c3ccccc3C(F)(F)F)cc2)CC(C)O1. The van der Waals surface area contributed by atoms with Crippen molar-refractivity contribution < 1.29 is 31.1 Å². The van der Waals surface area contributed by atoms with Crippen molar-refractivity contribution in [3.05, 3.63) is 59.7 Å². The third-order valence-electron chi connectivity index (χ3n) is 4.61. The van der Waals surface area contributed by atoms with Gasteiger partial charge >= 0.3 is 6.18 Å². The fourth-order valence-corrected chi connectivity index (χ4v) is 4.90. The molecule has 10 heteroatoms. The lowest BCUT2D eigenvalue weighted by Crippen LogP contribution is -2.48. The number of anilines is 1. The first-order chi connectivity index (χ1) is 14.0. The highest BCUT2D eigenvalue weighted by Gasteiger charge is 2.35. The largest absolute Gasteiger partial charge is 0.417 e. The molecule has 6 nitrogen and oxygen atoms in total. The van der Waals surface area contributed by atoms with Crippen molar-refractivity contribution in [3.8, 4) is 0 Å². The smallest absolute Gasteiger partial charge is 0.373 e. The van der Waals surface area contributed by atoms with Gasteiger partial charge in [0, 0.05) is 18.8 Å². The van der Waals surface area contributed by atoms with Crippen molar-refractivity contribution >= 4 is 21.6 Å². The summed E-state index contributed by atoms with van der Waals surface area (Å²) < 4.78 is 71.9. The van der Waals surface area contributed by atoms with Crippen LogP contribution in [0.2, 0.25) is 0 Å². The number of sulfonamides is 1. The summed E-state index contributed by atoms with van der Waals surface area (Å²) >= 11 is 0. The number of ether oxygens (including phenoxy) is 1. The maximum Gasteiger partial charge on any atom is 0.417 e. The lowest BCUT2D eigenvalue weighted by atomic mass is 10.1. The summed E-state index contributed by atoms with van der Waals surface area (Å²) in [6, 6.07) is 9.75. The Morgan fingerprint density at radius 2 is 1.60 bits per heavy atom. The Morgan fingerprint density at radius 3 is 2.17 bits per heavy atom. The fourth-order valence-electron chi connectivity index (χ4n) is 3.31. The Balaban J connectivity index is 1.78. The van der Waals surface area contributed by atoms with Crippen molar-refractivity contribution in [2.75, 3.05) is 18.4 Å². The van der Waals surface area contributed by atoms with Crippen LogP contribution in [0.15, 0.2) is 53.4 Å². The van der Waals surface area contributed by atoms with Crippen molar-refractivity contribution in [1.29, 1.82) is 0 Å². The van der Waals surface area contributed by atoms with E-state index in [2.05, 4.69) is 5.32 Å². The second kappa shape index (κ2) is 8.37. The first-order valence-corrected chi connectivity index (χ1v) is 10.7. The normalized spacial score (nSPS) is 20.7. The number of carbonyl (C=O) groups excluding carboxylic acids is 1. The first kappa shape index (κ1) is 22.3. The minimum Gasteiger partial charge on any atom is -0.373 e. The average molecular weight is 442 g/mol. The number of nitrogens with one attached hydrogen (secondary N) is 1. The highest BCUT2D eigenvalue weighted by Crippen LogP contribution is 2.32. The molecule has 30 heavy (non-hydrogen) atoms. The van der Waals surface area contributed by atoms with Crippen LogP contribution in [0.3, 0.4) is 0 Å². The highest BCUT2D eigenvalue weighted by atomic mass is 32.2. The molecule has 0 aliphatic carbocycles. The van der Waals surface area contributed by atoms with Gasteiger partial charge in [-0.05, 0) is 50.2 Å². The van der Waals surface area contributed by atoms with E-state index in [0.29, 0.717) is 0 Å². The quantitative estimate of drug-likeness (QED) is 0.783. The maximum atomic E-state index is 13.1. The predicted octanol–water partition coefficient (Wildman–Crippen LogP) is 3.76. The van der Waals surface area contributed by atoms with Gasteiger partial charge in [-0.15, -0.1) is 0 Å². The third kappa shape index (κ3) is 4.82. The van der Waals surface area contributed by atoms with Crippen LogP contribution in [-0.4, -0.2) is 43.9 Å². The van der Waals surface area contributed by atoms with Gasteiger partial charge in [0.25, 0.3) is 5.91 Å². The van der Waals surface area contributed by atoms with E-state index in [0.717, 1.165) is 12.1 Å². The monoisotopic (exact) mass is 442 g/mol. The van der Waals surface area contributed by atoms with Gasteiger partial charge in [-0.1, -0.05) is 12.1 Å². The van der Waals surface area contributed by atoms with Crippen molar-refractivity contribution in [1.82, 2.24) is 4.31 Å². The number of carbonyl (C=O) groups is 1. The standard InChI is InChI=1S/C20H21F3N2O4S/c1-13-11-25(12-14(2)29-13)30(27,28)16-9-7-15(8-10-16)24-19(26)17-5-3-4-6-18(17)20(21,22)23/h3-10,13-14H,11-12H2,1-2H3,(H,24,26). The molecule has 162 valence electrons. The molecule has 2 aromatic rings. The molecule has 0 aromatic heterocycles. The van der Waals surface area contributed by atoms with Gasteiger partial charge in [0.2, 0.25) is 10.0 Å². The third-order valence-corrected chi connectivity index (χ3v) is 6.46. The van der Waals surface area contributed by atoms with E-state index in [4.69, 9.17) is 4.74 Å². The lowest BCUT2D eigenvalue weighted by Gasteiger charge is -2.34. The van der Waals surface area contributed by atoms with E-state index in [1.807, 2.05) is 0 Å². The summed E-state index contributed by atoms with van der Waals surface area (Å²) in [5.41, 5.74) is -1.38. The number of nitrogens with zero attached hydrogens (tertiary/aromatic N) is 1. The molecular weight excluding hydrogens is 421 g/mol. The fraction of sp³-hybridized carbons (Fsp3) is 0.350. The van der Waals surface area contributed by atoms with Crippen LogP contribution in [-0.2, 0) is 20.9 Å². The number of alkyl halides is 3. The van der Waals surface area contributed by atoms with Crippen molar-refractivity contribution in [2.45, 2.75) is 37.1 Å². The zero-order chi connectivity index (χ0) is 22.1. The molecule has 1 fully saturated rings. The van der Waals surface area contributed by atoms with Crippen molar-refractivity contribution in [3.63, 3.8) is 0 Å². The van der Waals surface area contributed by atoms with Crippen LogP contribution >= 0.6 is 0 Å². The Bertz CT molecular complexity index is 1010. The maximum absolute atomic E-state index is 13.1. The summed E-state index contributed by atoms with van der Waals surface area (Å²) in [7, 11) is -3.76. The van der Waals surface area contributed by atoms with Crippen molar-refractivity contribution in [2.24, 2.45) is 0 Å². The summed E-state index contributed by atoms with van der Waals surface area (Å²) in [5, 5.41) is 2.38. The molecule has 2 atom stereocenters. The van der Waals surface area contributed by atoms with E-state index in [9.17, 15) is 26.4 Å². The highest BCUT2D eigenvalue weighted by molar-refractivity contribution is 7.89. The zero-order valence-electron chi connectivity index (χ0n) is 16.3. The van der Waals surface area contributed by atoms with Gasteiger partial charge in [-0.3, -0.25) is 4.79 Å². The molecule has 0 bridgehead atoms. The minimum absolute atomic E-state index is 0.0255. The summed E-state index contributed by atoms with van der Waals surface area (Å²) in [5.74, 6) is -0.936. The predicted molar refractivity (Wildman–Crippen MR) is 105 cm³/mol. The van der Waals surface area contributed by atoms with E-state index >= 15 is 0 Å². The van der Waals surface area contributed by atoms with Gasteiger partial charge in [-0.2, -0.15) is 17.5 Å². The van der Waals surface area contributed by atoms with Crippen LogP contribution in [0.1, 0.15) is 29.8 Å². The van der Waals surface area contributed by atoms with Gasteiger partial charge in [0.15, 0.2) is 0 Å². The second-order valence-corrected chi connectivity index (χ2v) is 9.04. The van der Waals surface area contributed by atoms with Gasteiger partial charge in [0.05, 0.1) is 28.2 Å². The minimum atomic E-state index is -4.67. The van der Waals surface area contributed by atoms with E-state index in [1.54, 1.807) is 13.8 Å². The molecule has 0 radical (unpaired) electrons. The van der Waals surface area contributed by atoms with E-state index in [1.165, 1.54) is 40.7 Å². The van der Waals surface area contributed by atoms with Crippen LogP contribution in [0.25, 0.3) is 0 Å². The summed E-state index contributed by atoms with van der Waals surface area (Å²) in [6.45, 7) is 4.02. The zero-order valence-corrected chi connectivity index (χ0v) is 17.1. The molecule has 1 heterocycles. The number of morpholine rings is 1. The summed E-state index contributed by atoms with van der Waals surface area (Å²) in [6.07, 6.45) is -5.15. The second-order valence-electron chi connectivity index (χ2n) is 7.10. The van der Waals surface area contributed by atoms with Gasteiger partial charge in [-0.25, -0.2) is 8.42 Å². The van der Waals surface area contributed by atoms with Crippen LogP contribution in [0, 0.1) is 0 Å². The molecule has 0 saturated carbocycles. The molecule has 0 spiro atoms. The van der Waals surface area contributed by atoms with E-state index in [-0.39, 0.29) is 35.9 Å². The Kier molecular flexibility index (Phi) is 6.21. The van der Waals surface area contributed by atoms with Crippen LogP contribution < -0.4 is 5.32 Å². The molecule has 2 unspecified atom stereocenters. The molecule has 1 amide bonds. The van der Waals surface area contributed by atoms with Crippen LogP contribution in [0.4, 0.5) is 18.9 Å². The Morgan fingerprint density at radius 1 is 1.03 bits per heavy atom. The molecular formula is C20H21F3N2O4S.